The van der Waals surface area contributed by atoms with E-state index in [0.717, 1.165) is 37.1 Å². The smallest absolute Gasteiger partial charge is 0.183 e. The number of hydrogen-bond donors (Lipinski definition) is 4. The quantitative estimate of drug-likeness (QED) is 0.406. The average Bonchev–Trinajstić information content (AvgIpc) is 3.41. The first-order chi connectivity index (χ1) is 14.1. The Morgan fingerprint density at radius 1 is 1.34 bits per heavy atom. The first-order valence-electron chi connectivity index (χ1n) is 9.23. The molecular formula is C20H28N6O3. The van der Waals surface area contributed by atoms with Crippen LogP contribution in [0.1, 0.15) is 25.7 Å². The van der Waals surface area contributed by atoms with Crippen LogP contribution in [0.3, 0.4) is 0 Å². The van der Waals surface area contributed by atoms with Crippen LogP contribution in [-0.4, -0.2) is 45.9 Å². The van der Waals surface area contributed by atoms with Crippen LogP contribution < -0.4 is 16.8 Å². The highest BCUT2D eigenvalue weighted by Crippen LogP contribution is 2.33. The van der Waals surface area contributed by atoms with Gasteiger partial charge >= 0.3 is 0 Å². The minimum atomic E-state index is -0.334. The second-order valence-corrected chi connectivity index (χ2v) is 6.68. The Kier molecular flexibility index (Phi) is 7.79. The maximum Gasteiger partial charge on any atom is 0.183 e. The van der Waals surface area contributed by atoms with E-state index in [2.05, 4.69) is 15.4 Å². The number of nitrogens with two attached hydrogens (primary N) is 2. The number of methoxy groups -OCH3 is 1. The van der Waals surface area contributed by atoms with Gasteiger partial charge < -0.3 is 31.4 Å². The van der Waals surface area contributed by atoms with Crippen LogP contribution >= 0.6 is 0 Å². The summed E-state index contributed by atoms with van der Waals surface area (Å²) in [4.78, 5) is 12.4. The molecule has 2 heterocycles. The van der Waals surface area contributed by atoms with Crippen LogP contribution in [-0.2, 0) is 9.53 Å². The number of carbonyl (C=O) groups is 1. The predicted octanol–water partition coefficient (Wildman–Crippen LogP) is 1.68. The van der Waals surface area contributed by atoms with Gasteiger partial charge in [-0.1, -0.05) is 18.9 Å². The number of aliphatic hydroxyl groups excluding tert-OH is 1. The van der Waals surface area contributed by atoms with Gasteiger partial charge in [0.1, 0.15) is 18.4 Å². The average molecular weight is 400 g/mol. The van der Waals surface area contributed by atoms with Crippen molar-refractivity contribution in [1.29, 1.82) is 0 Å². The molecular weight excluding hydrogens is 372 g/mol. The number of rotatable bonds is 7. The summed E-state index contributed by atoms with van der Waals surface area (Å²) in [5.74, 6) is 1.26. The highest BCUT2D eigenvalue weighted by atomic mass is 16.5. The van der Waals surface area contributed by atoms with Crippen molar-refractivity contribution in [2.75, 3.05) is 19.0 Å². The molecule has 0 aliphatic heterocycles. The number of hydrogen-bond acceptors (Lipinski definition) is 8. The predicted molar refractivity (Wildman–Crippen MR) is 112 cm³/mol. The molecule has 0 spiro atoms. The highest BCUT2D eigenvalue weighted by Gasteiger charge is 2.34. The first-order valence-corrected chi connectivity index (χ1v) is 9.23. The summed E-state index contributed by atoms with van der Waals surface area (Å²) < 4.78 is 6.53. The number of aromatic nitrogens is 3. The van der Waals surface area contributed by atoms with Crippen LogP contribution in [0.4, 0.5) is 5.82 Å². The topological polar surface area (TPSA) is 141 Å². The van der Waals surface area contributed by atoms with Crippen molar-refractivity contribution in [3.63, 3.8) is 0 Å². The molecule has 6 N–H and O–H groups in total. The molecule has 2 aromatic rings. The van der Waals surface area contributed by atoms with E-state index in [1.807, 2.05) is 31.1 Å². The zero-order chi connectivity index (χ0) is 21.3. The van der Waals surface area contributed by atoms with Gasteiger partial charge in [-0.15, -0.1) is 5.10 Å². The molecule has 0 saturated heterocycles. The van der Waals surface area contributed by atoms with Crippen LogP contribution in [0.15, 0.2) is 48.5 Å². The van der Waals surface area contributed by atoms with Gasteiger partial charge in [-0.25, -0.2) is 4.68 Å². The monoisotopic (exact) mass is 400 g/mol. The van der Waals surface area contributed by atoms with Crippen molar-refractivity contribution in [2.45, 2.75) is 31.2 Å². The number of carbonyl (C=O) groups excluding carboxylic acids is 1. The first kappa shape index (κ1) is 22.0. The van der Waals surface area contributed by atoms with Crippen LogP contribution in [0.25, 0.3) is 17.2 Å². The second-order valence-electron chi connectivity index (χ2n) is 6.68. The van der Waals surface area contributed by atoms with E-state index in [1.165, 1.54) is 7.11 Å². The second kappa shape index (κ2) is 10.3. The Bertz CT molecular complexity index is 841. The Morgan fingerprint density at radius 3 is 2.66 bits per heavy atom. The zero-order valence-corrected chi connectivity index (χ0v) is 16.5. The number of pyridine rings is 1. The van der Waals surface area contributed by atoms with Crippen LogP contribution in [0.5, 0.6) is 0 Å². The largest absolute Gasteiger partial charge is 0.483 e. The lowest BCUT2D eigenvalue weighted by Crippen LogP contribution is -2.39. The standard InChI is InChI=1S/C19H26N6O2.CH2O/c1-27-17(21)8-7-16(20)25-15(14-6-2-5-11-22-14)12-18(24-25)23-19(13-26)9-3-4-10-19;1-2/h2,5-8,11-12,26H,3-4,9-10,13,20-21H2,1H3,(H,23,24);1H2/b16-7+,17-8+;. The van der Waals surface area contributed by atoms with E-state index in [-0.39, 0.29) is 18.0 Å². The summed E-state index contributed by atoms with van der Waals surface area (Å²) in [6, 6.07) is 7.54. The molecule has 29 heavy (non-hydrogen) atoms. The molecule has 1 aliphatic rings. The van der Waals surface area contributed by atoms with E-state index < -0.39 is 0 Å². The fourth-order valence-corrected chi connectivity index (χ4v) is 3.29. The normalized spacial score (nSPS) is 16.1. The summed E-state index contributed by atoms with van der Waals surface area (Å²) in [5, 5.41) is 17.9. The third kappa shape index (κ3) is 5.35. The number of ether oxygens (including phenoxy) is 1. The molecule has 1 fully saturated rings. The summed E-state index contributed by atoms with van der Waals surface area (Å²) in [6.45, 7) is 2.07. The fraction of sp³-hybridized carbons (Fsp3) is 0.350. The van der Waals surface area contributed by atoms with Gasteiger partial charge in [0.15, 0.2) is 5.88 Å². The summed E-state index contributed by atoms with van der Waals surface area (Å²) >= 11 is 0. The van der Waals surface area contributed by atoms with E-state index in [4.69, 9.17) is 21.0 Å². The molecule has 9 heteroatoms. The van der Waals surface area contributed by atoms with E-state index >= 15 is 0 Å². The van der Waals surface area contributed by atoms with E-state index in [1.54, 1.807) is 23.0 Å². The van der Waals surface area contributed by atoms with E-state index in [9.17, 15) is 5.11 Å². The molecule has 3 rings (SSSR count). The van der Waals surface area contributed by atoms with Crippen LogP contribution in [0.2, 0.25) is 0 Å². The molecule has 0 atom stereocenters. The summed E-state index contributed by atoms with van der Waals surface area (Å²) in [6.07, 6.45) is 8.91. The van der Waals surface area contributed by atoms with Crippen molar-refractivity contribution in [1.82, 2.24) is 14.8 Å². The lowest BCUT2D eigenvalue weighted by molar-refractivity contribution is -0.0979. The number of nitrogens with one attached hydrogen (secondary N) is 1. The number of nitrogens with zero attached hydrogens (tertiary/aromatic N) is 3. The van der Waals surface area contributed by atoms with Crippen molar-refractivity contribution >= 4 is 18.4 Å². The van der Waals surface area contributed by atoms with Gasteiger partial charge in [-0.3, -0.25) is 4.98 Å². The molecule has 0 radical (unpaired) electrons. The molecule has 1 aliphatic carbocycles. The minimum absolute atomic E-state index is 0.0667. The highest BCUT2D eigenvalue weighted by molar-refractivity contribution is 5.65. The number of anilines is 1. The molecule has 2 aromatic heterocycles. The number of allylic oxidation sites excluding steroid dienone is 2. The van der Waals surface area contributed by atoms with Gasteiger partial charge in [0.2, 0.25) is 0 Å². The third-order valence-electron chi connectivity index (χ3n) is 4.79. The number of aliphatic hydroxyl groups is 1. The molecule has 0 amide bonds. The molecule has 156 valence electrons. The third-order valence-corrected chi connectivity index (χ3v) is 4.79. The maximum atomic E-state index is 9.87. The van der Waals surface area contributed by atoms with Crippen molar-refractivity contribution in [2.24, 2.45) is 11.5 Å². The van der Waals surface area contributed by atoms with Crippen molar-refractivity contribution in [3.05, 3.63) is 48.5 Å². The Morgan fingerprint density at radius 2 is 2.07 bits per heavy atom. The Labute approximate surface area is 170 Å². The molecule has 0 aromatic carbocycles. The lowest BCUT2D eigenvalue weighted by atomic mass is 9.99. The summed E-state index contributed by atoms with van der Waals surface area (Å²) in [7, 11) is 1.49. The van der Waals surface area contributed by atoms with Gasteiger partial charge in [0.25, 0.3) is 0 Å². The molecule has 0 unspecified atom stereocenters. The van der Waals surface area contributed by atoms with Gasteiger partial charge in [0, 0.05) is 18.3 Å². The van der Waals surface area contributed by atoms with Gasteiger partial charge in [-0.2, -0.15) is 0 Å². The molecule has 0 bridgehead atoms. The molecule has 1 saturated carbocycles. The lowest BCUT2D eigenvalue weighted by Gasteiger charge is -2.27. The van der Waals surface area contributed by atoms with Gasteiger partial charge in [0.05, 0.1) is 30.6 Å². The Balaban J connectivity index is 0.00000145. The zero-order valence-electron chi connectivity index (χ0n) is 16.5. The SMILES string of the molecule is C=O.CO/C(N)=C/C=C(\N)n1nc(NC2(CO)CCCC2)cc1-c1ccccn1. The van der Waals surface area contributed by atoms with Crippen molar-refractivity contribution < 1.29 is 14.6 Å². The van der Waals surface area contributed by atoms with Crippen LogP contribution in [0, 0.1) is 0 Å². The molecule has 9 nitrogen and oxygen atoms in total. The maximum absolute atomic E-state index is 9.87. The summed E-state index contributed by atoms with van der Waals surface area (Å²) in [5.41, 5.74) is 13.0. The fourth-order valence-electron chi connectivity index (χ4n) is 3.29. The minimum Gasteiger partial charge on any atom is -0.483 e. The van der Waals surface area contributed by atoms with Crippen molar-refractivity contribution in [3.8, 4) is 11.4 Å². The van der Waals surface area contributed by atoms with E-state index in [0.29, 0.717) is 11.6 Å². The van der Waals surface area contributed by atoms with Gasteiger partial charge in [-0.05, 0) is 31.1 Å². The Hall–Kier alpha value is -3.33.